The minimum absolute atomic E-state index is 0.0406. The van der Waals surface area contributed by atoms with Crippen LogP contribution in [0.5, 0.6) is 5.75 Å². The molecule has 1 aliphatic heterocycles. The van der Waals surface area contributed by atoms with E-state index in [9.17, 15) is 4.79 Å². The summed E-state index contributed by atoms with van der Waals surface area (Å²) in [6, 6.07) is 8.05. The van der Waals surface area contributed by atoms with Crippen LogP contribution in [0.2, 0.25) is 5.02 Å². The van der Waals surface area contributed by atoms with Crippen molar-refractivity contribution in [3.05, 3.63) is 46.7 Å². The van der Waals surface area contributed by atoms with Gasteiger partial charge in [-0.05, 0) is 50.1 Å². The van der Waals surface area contributed by atoms with Gasteiger partial charge in [0.1, 0.15) is 5.75 Å². The monoisotopic (exact) mass is 361 g/mol. The smallest absolute Gasteiger partial charge is 0.238 e. The number of methoxy groups -OCH3 is 1. The molecule has 1 aliphatic rings. The number of hydrogen-bond acceptors (Lipinski definition) is 3. The molecule has 1 aromatic heterocycles. The molecule has 1 aromatic carbocycles. The lowest BCUT2D eigenvalue weighted by atomic mass is 10.1. The predicted octanol–water partition coefficient (Wildman–Crippen LogP) is 3.77. The predicted molar refractivity (Wildman–Crippen MR) is 100 cm³/mol. The number of aromatic nitrogens is 1. The van der Waals surface area contributed by atoms with Gasteiger partial charge in [-0.15, -0.1) is 0 Å². The zero-order valence-electron chi connectivity index (χ0n) is 14.9. The lowest BCUT2D eigenvalue weighted by Gasteiger charge is -2.24. The van der Waals surface area contributed by atoms with Gasteiger partial charge in [0.2, 0.25) is 5.91 Å². The molecular weight excluding hydrogens is 338 g/mol. The van der Waals surface area contributed by atoms with Gasteiger partial charge < -0.3 is 14.6 Å². The van der Waals surface area contributed by atoms with Crippen LogP contribution in [0.3, 0.4) is 0 Å². The zero-order valence-corrected chi connectivity index (χ0v) is 15.6. The largest absolute Gasteiger partial charge is 0.495 e. The van der Waals surface area contributed by atoms with E-state index in [0.717, 1.165) is 24.9 Å². The van der Waals surface area contributed by atoms with Gasteiger partial charge in [0.25, 0.3) is 0 Å². The van der Waals surface area contributed by atoms with Crippen molar-refractivity contribution in [2.75, 3.05) is 25.5 Å². The second-order valence-corrected chi connectivity index (χ2v) is 6.93. The molecule has 3 rings (SSSR count). The number of hydrogen-bond donors (Lipinski definition) is 1. The number of benzene rings is 1. The van der Waals surface area contributed by atoms with Crippen molar-refractivity contribution in [3.8, 4) is 5.75 Å². The Hall–Kier alpha value is -1.98. The van der Waals surface area contributed by atoms with E-state index in [2.05, 4.69) is 20.9 Å². The SMILES string of the molecule is COc1cc(Cl)c(C)cc1NC(=O)CN1CCC[C@H]1c1cccn1C. The average molecular weight is 362 g/mol. The minimum atomic E-state index is -0.0406. The Morgan fingerprint density at radius 3 is 2.92 bits per heavy atom. The van der Waals surface area contributed by atoms with Crippen molar-refractivity contribution in [2.45, 2.75) is 25.8 Å². The molecule has 1 atom stereocenters. The summed E-state index contributed by atoms with van der Waals surface area (Å²) >= 11 is 6.13. The van der Waals surface area contributed by atoms with Gasteiger partial charge in [-0.25, -0.2) is 0 Å². The van der Waals surface area contributed by atoms with E-state index < -0.39 is 0 Å². The Kier molecular flexibility index (Phi) is 5.35. The highest BCUT2D eigenvalue weighted by Gasteiger charge is 2.29. The molecule has 134 valence electrons. The highest BCUT2D eigenvalue weighted by Crippen LogP contribution is 2.33. The first-order valence-electron chi connectivity index (χ1n) is 8.49. The summed E-state index contributed by atoms with van der Waals surface area (Å²) in [6.07, 6.45) is 4.23. The normalized spacial score (nSPS) is 17.7. The number of nitrogens with one attached hydrogen (secondary N) is 1. The maximum atomic E-state index is 12.6. The third-order valence-electron chi connectivity index (χ3n) is 4.79. The van der Waals surface area contributed by atoms with Crippen LogP contribution in [0.15, 0.2) is 30.5 Å². The summed E-state index contributed by atoms with van der Waals surface area (Å²) in [7, 11) is 3.62. The maximum absolute atomic E-state index is 12.6. The highest BCUT2D eigenvalue weighted by molar-refractivity contribution is 6.31. The number of rotatable bonds is 5. The number of anilines is 1. The third-order valence-corrected chi connectivity index (χ3v) is 5.20. The fraction of sp³-hybridized carbons (Fsp3) is 0.421. The van der Waals surface area contributed by atoms with Gasteiger partial charge in [-0.3, -0.25) is 9.69 Å². The van der Waals surface area contributed by atoms with Gasteiger partial charge in [0.05, 0.1) is 25.4 Å². The van der Waals surface area contributed by atoms with Crippen LogP contribution in [0, 0.1) is 6.92 Å². The van der Waals surface area contributed by atoms with E-state index in [4.69, 9.17) is 16.3 Å². The Morgan fingerprint density at radius 2 is 2.24 bits per heavy atom. The van der Waals surface area contributed by atoms with Gasteiger partial charge in [-0.1, -0.05) is 11.6 Å². The molecule has 0 radical (unpaired) electrons. The minimum Gasteiger partial charge on any atom is -0.495 e. The zero-order chi connectivity index (χ0) is 18.0. The first-order valence-corrected chi connectivity index (χ1v) is 8.86. The summed E-state index contributed by atoms with van der Waals surface area (Å²) in [4.78, 5) is 14.8. The molecular formula is C19H24ClN3O2. The molecule has 1 amide bonds. The molecule has 0 aliphatic carbocycles. The fourth-order valence-electron chi connectivity index (χ4n) is 3.47. The third kappa shape index (κ3) is 3.83. The second-order valence-electron chi connectivity index (χ2n) is 6.52. The molecule has 5 nitrogen and oxygen atoms in total. The van der Waals surface area contributed by atoms with Crippen LogP contribution in [0.25, 0.3) is 0 Å². The molecule has 0 bridgehead atoms. The van der Waals surface area contributed by atoms with E-state index in [0.29, 0.717) is 29.0 Å². The Balaban J connectivity index is 1.70. The lowest BCUT2D eigenvalue weighted by Crippen LogP contribution is -2.33. The lowest BCUT2D eigenvalue weighted by molar-refractivity contribution is -0.117. The summed E-state index contributed by atoms with van der Waals surface area (Å²) in [5.74, 6) is 0.533. The summed E-state index contributed by atoms with van der Waals surface area (Å²) < 4.78 is 7.46. The number of carbonyl (C=O) groups is 1. The molecule has 6 heteroatoms. The van der Waals surface area contributed by atoms with E-state index in [1.807, 2.05) is 32.3 Å². The number of ether oxygens (including phenoxy) is 1. The van der Waals surface area contributed by atoms with E-state index >= 15 is 0 Å². The molecule has 0 saturated carbocycles. The molecule has 25 heavy (non-hydrogen) atoms. The maximum Gasteiger partial charge on any atom is 0.238 e. The van der Waals surface area contributed by atoms with Crippen molar-refractivity contribution >= 4 is 23.2 Å². The van der Waals surface area contributed by atoms with Gasteiger partial charge in [-0.2, -0.15) is 0 Å². The number of likely N-dealkylation sites (tertiary alicyclic amines) is 1. The summed E-state index contributed by atoms with van der Waals surface area (Å²) in [5.41, 5.74) is 2.81. The Labute approximate surface area is 153 Å². The summed E-state index contributed by atoms with van der Waals surface area (Å²) in [5, 5.41) is 3.59. The highest BCUT2D eigenvalue weighted by atomic mass is 35.5. The van der Waals surface area contributed by atoms with E-state index in [1.165, 1.54) is 5.69 Å². The fourth-order valence-corrected chi connectivity index (χ4v) is 3.63. The van der Waals surface area contributed by atoms with Gasteiger partial charge in [0.15, 0.2) is 0 Å². The first kappa shape index (κ1) is 17.8. The van der Waals surface area contributed by atoms with E-state index in [-0.39, 0.29) is 5.91 Å². The molecule has 1 fully saturated rings. The van der Waals surface area contributed by atoms with E-state index in [1.54, 1.807) is 13.2 Å². The van der Waals surface area contributed by atoms with Gasteiger partial charge in [0, 0.05) is 30.0 Å². The molecule has 1 saturated heterocycles. The van der Waals surface area contributed by atoms with Gasteiger partial charge >= 0.3 is 0 Å². The van der Waals surface area contributed by atoms with Crippen molar-refractivity contribution < 1.29 is 9.53 Å². The van der Waals surface area contributed by atoms with Crippen LogP contribution in [0.1, 0.15) is 30.1 Å². The average Bonchev–Trinajstić information content (AvgIpc) is 3.19. The van der Waals surface area contributed by atoms with Crippen LogP contribution < -0.4 is 10.1 Å². The topological polar surface area (TPSA) is 46.5 Å². The van der Waals surface area contributed by atoms with Crippen LogP contribution in [-0.2, 0) is 11.8 Å². The van der Waals surface area contributed by atoms with Crippen LogP contribution in [0.4, 0.5) is 5.69 Å². The quantitative estimate of drug-likeness (QED) is 0.881. The molecule has 2 heterocycles. The number of carbonyl (C=O) groups excluding carboxylic acids is 1. The van der Waals surface area contributed by atoms with Crippen molar-refractivity contribution in [3.63, 3.8) is 0 Å². The van der Waals surface area contributed by atoms with Crippen molar-refractivity contribution in [2.24, 2.45) is 7.05 Å². The van der Waals surface area contributed by atoms with Crippen molar-refractivity contribution in [1.82, 2.24) is 9.47 Å². The van der Waals surface area contributed by atoms with Crippen LogP contribution in [-0.4, -0.2) is 35.6 Å². The Morgan fingerprint density at radius 1 is 1.44 bits per heavy atom. The first-order chi connectivity index (χ1) is 12.0. The second kappa shape index (κ2) is 7.50. The summed E-state index contributed by atoms with van der Waals surface area (Å²) in [6.45, 7) is 3.20. The number of halogens is 1. The molecule has 0 unspecified atom stereocenters. The molecule has 0 spiro atoms. The molecule has 1 N–H and O–H groups in total. The Bertz CT molecular complexity index is 772. The number of nitrogens with zero attached hydrogens (tertiary/aromatic N) is 2. The molecule has 2 aromatic rings. The standard InChI is InChI=1S/C19H24ClN3O2/c1-13-10-15(18(25-3)11-14(13)20)21-19(24)12-23-9-5-7-17(23)16-6-4-8-22(16)2/h4,6,8,10-11,17H,5,7,9,12H2,1-3H3,(H,21,24)/t17-/m0/s1. The number of amides is 1. The van der Waals surface area contributed by atoms with Crippen LogP contribution >= 0.6 is 11.6 Å². The van der Waals surface area contributed by atoms with Crippen molar-refractivity contribution in [1.29, 1.82) is 0 Å². The number of aryl methyl sites for hydroxylation is 2.